The first-order valence-electron chi connectivity index (χ1n) is 15.7. The second kappa shape index (κ2) is 19.5. The van der Waals surface area contributed by atoms with E-state index in [9.17, 15) is 0 Å². The van der Waals surface area contributed by atoms with Gasteiger partial charge in [-0.2, -0.15) is 0 Å². The number of hydrogen-bond donors (Lipinski definition) is 1. The second-order valence-electron chi connectivity index (χ2n) is 11.0. The van der Waals surface area contributed by atoms with Crippen molar-refractivity contribution in [3.8, 4) is 0 Å². The van der Waals surface area contributed by atoms with Gasteiger partial charge >= 0.3 is 0 Å². The standard InChI is InChI=1S/C39H47NO4/c1-3-4-25-40-26-38(43-29-35-21-13-7-14-22-35)37(31-41-27-33-17-9-5-10-18-33)39(44-30-36-23-15-8-16-24-36)32(2)42-28-34-19-11-6-12-20-34/h5-24,32,39-40H,3-4,25-31H2,1-2H3/b38-37-. The summed E-state index contributed by atoms with van der Waals surface area (Å²) in [5.41, 5.74) is 5.41. The minimum Gasteiger partial charge on any atom is -0.492 e. The normalized spacial score (nSPS) is 13.2. The van der Waals surface area contributed by atoms with Crippen molar-refractivity contribution in [3.05, 3.63) is 155 Å². The highest BCUT2D eigenvalue weighted by Gasteiger charge is 2.28. The number of hydrogen-bond acceptors (Lipinski definition) is 5. The average Bonchev–Trinajstić information content (AvgIpc) is 3.08. The molecule has 0 fully saturated rings. The molecule has 0 amide bonds. The third kappa shape index (κ3) is 11.7. The summed E-state index contributed by atoms with van der Waals surface area (Å²) in [5.74, 6) is 0.839. The molecule has 0 aliphatic carbocycles. The van der Waals surface area contributed by atoms with Gasteiger partial charge in [-0.25, -0.2) is 0 Å². The first-order chi connectivity index (χ1) is 21.7. The highest BCUT2D eigenvalue weighted by atomic mass is 16.5. The lowest BCUT2D eigenvalue weighted by Crippen LogP contribution is -2.35. The van der Waals surface area contributed by atoms with Gasteiger partial charge in [-0.3, -0.25) is 0 Å². The Morgan fingerprint density at radius 3 is 1.61 bits per heavy atom. The predicted molar refractivity (Wildman–Crippen MR) is 178 cm³/mol. The van der Waals surface area contributed by atoms with E-state index in [0.717, 1.165) is 53.0 Å². The first-order valence-corrected chi connectivity index (χ1v) is 15.7. The molecule has 0 heterocycles. The van der Waals surface area contributed by atoms with Crippen LogP contribution in [0.25, 0.3) is 0 Å². The Morgan fingerprint density at radius 1 is 0.614 bits per heavy atom. The quantitative estimate of drug-likeness (QED) is 0.0826. The lowest BCUT2D eigenvalue weighted by atomic mass is 10.0. The largest absolute Gasteiger partial charge is 0.492 e. The molecule has 4 rings (SSSR count). The number of rotatable bonds is 20. The summed E-state index contributed by atoms with van der Waals surface area (Å²) in [4.78, 5) is 0. The highest BCUT2D eigenvalue weighted by Crippen LogP contribution is 2.24. The number of unbranched alkanes of at least 4 members (excludes halogenated alkanes) is 1. The van der Waals surface area contributed by atoms with Gasteiger partial charge in [0.05, 0.1) is 39.1 Å². The lowest BCUT2D eigenvalue weighted by molar-refractivity contribution is -0.0684. The summed E-state index contributed by atoms with van der Waals surface area (Å²) in [6.45, 7) is 8.00. The van der Waals surface area contributed by atoms with Crippen molar-refractivity contribution in [3.63, 3.8) is 0 Å². The minimum absolute atomic E-state index is 0.264. The molecule has 0 radical (unpaired) electrons. The Morgan fingerprint density at radius 2 is 1.09 bits per heavy atom. The van der Waals surface area contributed by atoms with Gasteiger partial charge in [0, 0.05) is 5.57 Å². The summed E-state index contributed by atoms with van der Waals surface area (Å²) in [6, 6.07) is 41.0. The summed E-state index contributed by atoms with van der Waals surface area (Å²) in [7, 11) is 0. The van der Waals surface area contributed by atoms with E-state index in [1.165, 1.54) is 0 Å². The molecule has 4 aromatic carbocycles. The fourth-order valence-electron chi connectivity index (χ4n) is 4.85. The van der Waals surface area contributed by atoms with Gasteiger partial charge < -0.3 is 24.3 Å². The predicted octanol–water partition coefficient (Wildman–Crippen LogP) is 8.25. The Labute approximate surface area is 263 Å². The van der Waals surface area contributed by atoms with E-state index in [0.29, 0.717) is 39.6 Å². The molecule has 0 aliphatic heterocycles. The zero-order chi connectivity index (χ0) is 30.7. The van der Waals surface area contributed by atoms with Gasteiger partial charge in [0.25, 0.3) is 0 Å². The molecule has 5 nitrogen and oxygen atoms in total. The van der Waals surface area contributed by atoms with Crippen LogP contribution in [0.5, 0.6) is 0 Å². The summed E-state index contributed by atoms with van der Waals surface area (Å²) >= 11 is 0. The van der Waals surface area contributed by atoms with Crippen LogP contribution in [0.2, 0.25) is 0 Å². The van der Waals surface area contributed by atoms with Crippen molar-refractivity contribution in [1.82, 2.24) is 5.32 Å². The van der Waals surface area contributed by atoms with Crippen LogP contribution >= 0.6 is 0 Å². The lowest BCUT2D eigenvalue weighted by Gasteiger charge is -2.30. The van der Waals surface area contributed by atoms with Gasteiger partial charge in [-0.1, -0.05) is 135 Å². The summed E-state index contributed by atoms with van der Waals surface area (Å²) < 4.78 is 26.2. The maximum atomic E-state index is 6.73. The molecule has 0 bridgehead atoms. The van der Waals surface area contributed by atoms with Crippen LogP contribution in [0.15, 0.2) is 133 Å². The molecule has 0 aliphatic rings. The number of benzene rings is 4. The van der Waals surface area contributed by atoms with E-state index in [1.807, 2.05) is 72.8 Å². The Hall–Kier alpha value is -3.74. The number of nitrogens with one attached hydrogen (secondary N) is 1. The van der Waals surface area contributed by atoms with Gasteiger partial charge in [0.15, 0.2) is 0 Å². The smallest absolute Gasteiger partial charge is 0.114 e. The zero-order valence-corrected chi connectivity index (χ0v) is 26.2. The van der Waals surface area contributed by atoms with Crippen molar-refractivity contribution in [2.45, 2.75) is 65.3 Å². The fraction of sp³-hybridized carbons (Fsp3) is 0.333. The van der Waals surface area contributed by atoms with Crippen molar-refractivity contribution in [2.75, 3.05) is 19.7 Å². The van der Waals surface area contributed by atoms with Crippen LogP contribution < -0.4 is 5.32 Å². The molecule has 44 heavy (non-hydrogen) atoms. The van der Waals surface area contributed by atoms with Crippen LogP contribution in [0.4, 0.5) is 0 Å². The van der Waals surface area contributed by atoms with Crippen molar-refractivity contribution < 1.29 is 18.9 Å². The number of ether oxygens (including phenoxy) is 4. The first kappa shape index (κ1) is 33.2. The van der Waals surface area contributed by atoms with Crippen molar-refractivity contribution in [1.29, 1.82) is 0 Å². The molecule has 4 aromatic rings. The molecule has 0 spiro atoms. The monoisotopic (exact) mass is 593 g/mol. The van der Waals surface area contributed by atoms with Crippen molar-refractivity contribution in [2.24, 2.45) is 0 Å². The fourth-order valence-corrected chi connectivity index (χ4v) is 4.85. The van der Waals surface area contributed by atoms with Crippen LogP contribution in [0.1, 0.15) is 48.9 Å². The van der Waals surface area contributed by atoms with E-state index in [1.54, 1.807) is 0 Å². The van der Waals surface area contributed by atoms with Gasteiger partial charge in [0.1, 0.15) is 18.5 Å². The van der Waals surface area contributed by atoms with E-state index >= 15 is 0 Å². The molecule has 0 saturated carbocycles. The Balaban J connectivity index is 1.64. The Bertz CT molecular complexity index is 1330. The van der Waals surface area contributed by atoms with E-state index in [2.05, 4.69) is 67.7 Å². The van der Waals surface area contributed by atoms with Crippen LogP contribution in [-0.2, 0) is 45.4 Å². The highest BCUT2D eigenvalue weighted by molar-refractivity contribution is 5.22. The van der Waals surface area contributed by atoms with Crippen molar-refractivity contribution >= 4 is 0 Å². The second-order valence-corrected chi connectivity index (χ2v) is 11.0. The summed E-state index contributed by atoms with van der Waals surface area (Å²) in [6.07, 6.45) is 1.56. The molecule has 0 saturated heterocycles. The molecule has 1 N–H and O–H groups in total. The SMILES string of the molecule is CCCCNC/C(OCc1ccccc1)=C(\COCc1ccccc1)C(OCc1ccccc1)C(C)OCc1ccccc1. The molecule has 2 atom stereocenters. The minimum atomic E-state index is -0.395. The van der Waals surface area contributed by atoms with Crippen LogP contribution in [0, 0.1) is 0 Å². The van der Waals surface area contributed by atoms with Crippen LogP contribution in [-0.4, -0.2) is 31.9 Å². The maximum absolute atomic E-state index is 6.73. The molecular formula is C39H47NO4. The van der Waals surface area contributed by atoms with Crippen LogP contribution in [0.3, 0.4) is 0 Å². The molecule has 2 unspecified atom stereocenters. The molecular weight excluding hydrogens is 546 g/mol. The molecule has 232 valence electrons. The molecule has 0 aromatic heterocycles. The zero-order valence-electron chi connectivity index (χ0n) is 26.2. The summed E-state index contributed by atoms with van der Waals surface area (Å²) in [5, 5.41) is 3.60. The van der Waals surface area contributed by atoms with E-state index < -0.39 is 6.10 Å². The third-order valence-corrected chi connectivity index (χ3v) is 7.37. The Kier molecular flexibility index (Phi) is 14.7. The van der Waals surface area contributed by atoms with Gasteiger partial charge in [-0.15, -0.1) is 0 Å². The van der Waals surface area contributed by atoms with Gasteiger partial charge in [0.2, 0.25) is 0 Å². The van der Waals surface area contributed by atoms with Gasteiger partial charge in [-0.05, 0) is 42.1 Å². The maximum Gasteiger partial charge on any atom is 0.114 e. The molecule has 5 heteroatoms. The topological polar surface area (TPSA) is 49.0 Å². The van der Waals surface area contributed by atoms with E-state index in [4.69, 9.17) is 18.9 Å². The van der Waals surface area contributed by atoms with E-state index in [-0.39, 0.29) is 6.10 Å². The third-order valence-electron chi connectivity index (χ3n) is 7.37. The average molecular weight is 594 g/mol.